The molecule has 3 aromatic rings. The van der Waals surface area contributed by atoms with Crippen molar-refractivity contribution in [1.82, 2.24) is 14.4 Å². The number of phenols is 1. The van der Waals surface area contributed by atoms with E-state index in [1.54, 1.807) is 16.5 Å². The Morgan fingerprint density at radius 1 is 1.41 bits per heavy atom. The van der Waals surface area contributed by atoms with Gasteiger partial charge < -0.3 is 5.11 Å². The predicted octanol–water partition coefficient (Wildman–Crippen LogP) is 3.75. The summed E-state index contributed by atoms with van der Waals surface area (Å²) in [6.07, 6.45) is 2.11. The lowest BCUT2D eigenvalue weighted by molar-refractivity contribution is 0.103. The van der Waals surface area contributed by atoms with Gasteiger partial charge in [0, 0.05) is 11.7 Å². The van der Waals surface area contributed by atoms with Crippen molar-refractivity contribution in [3.8, 4) is 5.75 Å². The molecule has 5 nitrogen and oxygen atoms in total. The standard InChI is InChI=1S/C15H11Br2N3O2/c1-2-11-13(20-7-18-4-3-12(20)19-11)14(21)8-5-9(16)15(22)10(17)6-8/h3-7,22H,2H2,1H3/i4D. The summed E-state index contributed by atoms with van der Waals surface area (Å²) >= 11 is 6.46. The summed E-state index contributed by atoms with van der Waals surface area (Å²) in [5.41, 5.74) is 1.98. The quantitative estimate of drug-likeness (QED) is 0.649. The van der Waals surface area contributed by atoms with Crippen molar-refractivity contribution < 1.29 is 11.3 Å². The normalized spacial score (nSPS) is 11.7. The third-order valence-electron chi connectivity index (χ3n) is 3.28. The van der Waals surface area contributed by atoms with E-state index >= 15 is 0 Å². The number of nitrogens with zero attached hydrogens (tertiary/aromatic N) is 3. The molecule has 0 radical (unpaired) electrons. The molecule has 112 valence electrons. The Hall–Kier alpha value is -1.73. The lowest BCUT2D eigenvalue weighted by atomic mass is 10.1. The van der Waals surface area contributed by atoms with Gasteiger partial charge in [-0.05, 0) is 56.5 Å². The van der Waals surface area contributed by atoms with Crippen LogP contribution in [-0.4, -0.2) is 25.3 Å². The molecule has 0 unspecified atom stereocenters. The number of ketones is 1. The molecule has 22 heavy (non-hydrogen) atoms. The van der Waals surface area contributed by atoms with Crippen LogP contribution in [0.2, 0.25) is 0 Å². The number of hydrogen-bond acceptors (Lipinski definition) is 4. The van der Waals surface area contributed by atoms with Crippen LogP contribution < -0.4 is 0 Å². The van der Waals surface area contributed by atoms with E-state index in [9.17, 15) is 9.90 Å². The molecule has 1 N–H and O–H groups in total. The number of phenolic OH excluding ortho intramolecular Hbond substituents is 1. The maximum atomic E-state index is 12.9. The number of imidazole rings is 1. The highest BCUT2D eigenvalue weighted by atomic mass is 79.9. The predicted molar refractivity (Wildman–Crippen MR) is 89.3 cm³/mol. The van der Waals surface area contributed by atoms with E-state index in [4.69, 9.17) is 1.37 Å². The third-order valence-corrected chi connectivity index (χ3v) is 4.49. The summed E-state index contributed by atoms with van der Waals surface area (Å²) in [4.78, 5) is 21.3. The van der Waals surface area contributed by atoms with Crippen molar-refractivity contribution in [1.29, 1.82) is 0 Å². The summed E-state index contributed by atoms with van der Waals surface area (Å²) in [6, 6.07) is 4.64. The molecule has 0 fully saturated rings. The van der Waals surface area contributed by atoms with E-state index in [2.05, 4.69) is 41.8 Å². The summed E-state index contributed by atoms with van der Waals surface area (Å²) in [5, 5.41) is 9.79. The van der Waals surface area contributed by atoms with E-state index in [1.807, 2.05) is 6.92 Å². The van der Waals surface area contributed by atoms with E-state index in [0.29, 0.717) is 38.0 Å². The second kappa shape index (κ2) is 5.81. The van der Waals surface area contributed by atoms with Gasteiger partial charge in [0.1, 0.15) is 23.4 Å². The zero-order valence-electron chi connectivity index (χ0n) is 12.5. The van der Waals surface area contributed by atoms with Gasteiger partial charge >= 0.3 is 0 Å². The molecule has 0 aliphatic rings. The highest BCUT2D eigenvalue weighted by Crippen LogP contribution is 2.34. The Morgan fingerprint density at radius 3 is 2.73 bits per heavy atom. The second-order valence-electron chi connectivity index (χ2n) is 4.62. The molecule has 1 aromatic carbocycles. The van der Waals surface area contributed by atoms with Gasteiger partial charge in [0.2, 0.25) is 5.78 Å². The van der Waals surface area contributed by atoms with Crippen molar-refractivity contribution in [2.75, 3.05) is 0 Å². The fourth-order valence-corrected chi connectivity index (χ4v) is 3.41. The number of benzene rings is 1. The molecule has 7 heteroatoms. The van der Waals surface area contributed by atoms with Crippen molar-refractivity contribution in [3.05, 3.63) is 56.6 Å². The van der Waals surface area contributed by atoms with Crippen LogP contribution in [0.3, 0.4) is 0 Å². The van der Waals surface area contributed by atoms with Crippen LogP contribution >= 0.6 is 31.9 Å². The molecule has 2 aromatic heterocycles. The lowest BCUT2D eigenvalue weighted by Gasteiger charge is -2.06. The first-order valence-corrected chi connectivity index (χ1v) is 8.07. The Kier molecular flexibility index (Phi) is 3.67. The van der Waals surface area contributed by atoms with Gasteiger partial charge in [-0.3, -0.25) is 9.20 Å². The number of halogens is 2. The minimum absolute atomic E-state index is 0.0379. The molecule has 3 rings (SSSR count). The fourth-order valence-electron chi connectivity index (χ4n) is 2.22. The Morgan fingerprint density at radius 2 is 2.09 bits per heavy atom. The maximum absolute atomic E-state index is 12.9. The van der Waals surface area contributed by atoms with Crippen molar-refractivity contribution in [3.63, 3.8) is 0 Å². The highest BCUT2D eigenvalue weighted by Gasteiger charge is 2.21. The van der Waals surface area contributed by atoms with Crippen molar-refractivity contribution >= 4 is 43.3 Å². The van der Waals surface area contributed by atoms with E-state index in [-0.39, 0.29) is 17.7 Å². The summed E-state index contributed by atoms with van der Waals surface area (Å²) in [6.45, 7) is 1.91. The van der Waals surface area contributed by atoms with E-state index in [0.717, 1.165) is 0 Å². The number of rotatable bonds is 3. The average Bonchev–Trinajstić information content (AvgIpc) is 2.88. The van der Waals surface area contributed by atoms with Crippen LogP contribution in [0.1, 0.15) is 30.0 Å². The fraction of sp³-hybridized carbons (Fsp3) is 0.133. The van der Waals surface area contributed by atoms with Crippen LogP contribution in [0.15, 0.2) is 39.6 Å². The molecular weight excluding hydrogens is 414 g/mol. The van der Waals surface area contributed by atoms with Gasteiger partial charge in [0.15, 0.2) is 0 Å². The van der Waals surface area contributed by atoms with Crippen LogP contribution in [0.25, 0.3) is 5.65 Å². The van der Waals surface area contributed by atoms with Crippen LogP contribution in [-0.2, 0) is 6.42 Å². The maximum Gasteiger partial charge on any atom is 0.211 e. The zero-order valence-corrected chi connectivity index (χ0v) is 14.6. The number of carbonyl (C=O) groups is 1. The lowest BCUT2D eigenvalue weighted by Crippen LogP contribution is -2.08. The van der Waals surface area contributed by atoms with Gasteiger partial charge in [0.05, 0.1) is 16.0 Å². The van der Waals surface area contributed by atoms with Crippen LogP contribution in [0.5, 0.6) is 5.75 Å². The molecule has 0 aliphatic heterocycles. The first-order valence-electron chi connectivity index (χ1n) is 6.98. The minimum atomic E-state index is -0.227. The molecular formula is C15H11Br2N3O2. The number of aryl methyl sites for hydroxylation is 1. The minimum Gasteiger partial charge on any atom is -0.506 e. The molecule has 0 saturated heterocycles. The SMILES string of the molecule is [2H]c1cc2nc(CC)c(C(=O)c3cc(Br)c(O)c(Br)c3)n2cn1. The second-order valence-corrected chi connectivity index (χ2v) is 6.33. The molecule has 0 bridgehead atoms. The summed E-state index contributed by atoms with van der Waals surface area (Å²) < 4.78 is 10.0. The van der Waals surface area contributed by atoms with Crippen molar-refractivity contribution in [2.24, 2.45) is 0 Å². The van der Waals surface area contributed by atoms with E-state index < -0.39 is 0 Å². The number of hydrogen-bond donors (Lipinski definition) is 1. The first kappa shape index (κ1) is 13.9. The number of aromatic nitrogens is 3. The van der Waals surface area contributed by atoms with Gasteiger partial charge in [-0.1, -0.05) is 6.92 Å². The van der Waals surface area contributed by atoms with Crippen LogP contribution in [0, 0.1) is 0 Å². The number of carbonyl (C=O) groups excluding carboxylic acids is 1. The monoisotopic (exact) mass is 424 g/mol. The smallest absolute Gasteiger partial charge is 0.211 e. The Balaban J connectivity index is 2.21. The number of fused-ring (bicyclic) bond motifs is 1. The molecule has 0 spiro atoms. The van der Waals surface area contributed by atoms with Gasteiger partial charge in [0.25, 0.3) is 0 Å². The van der Waals surface area contributed by atoms with Crippen LogP contribution in [0.4, 0.5) is 0 Å². The average molecular weight is 426 g/mol. The molecule has 0 saturated carbocycles. The molecule has 0 atom stereocenters. The highest BCUT2D eigenvalue weighted by molar-refractivity contribution is 9.11. The summed E-state index contributed by atoms with van der Waals surface area (Å²) in [7, 11) is 0. The van der Waals surface area contributed by atoms with Gasteiger partial charge in [-0.2, -0.15) is 0 Å². The van der Waals surface area contributed by atoms with Gasteiger partial charge in [-0.25, -0.2) is 9.97 Å². The Bertz CT molecular complexity index is 917. The Labute approximate surface area is 144 Å². The zero-order chi connectivity index (χ0) is 16.7. The van der Waals surface area contributed by atoms with Gasteiger partial charge in [-0.15, -0.1) is 0 Å². The topological polar surface area (TPSA) is 67.5 Å². The molecule has 0 amide bonds. The number of aromatic hydroxyl groups is 1. The van der Waals surface area contributed by atoms with E-state index in [1.165, 1.54) is 12.4 Å². The molecule has 0 aliphatic carbocycles. The largest absolute Gasteiger partial charge is 0.506 e. The van der Waals surface area contributed by atoms with Crippen molar-refractivity contribution in [2.45, 2.75) is 13.3 Å². The summed E-state index contributed by atoms with van der Waals surface area (Å²) in [5.74, 6) is -0.189. The molecule has 2 heterocycles. The third kappa shape index (κ3) is 2.44. The first-order chi connectivity index (χ1) is 10.9.